The number of carbonyl (C=O) groups is 2. The number of hydrogen-bond donors (Lipinski definition) is 1. The van der Waals surface area contributed by atoms with E-state index < -0.39 is 11.9 Å². The monoisotopic (exact) mass is 345 g/mol. The van der Waals surface area contributed by atoms with Crippen molar-refractivity contribution in [2.75, 3.05) is 24.8 Å². The molecule has 2 aromatic carbocycles. The van der Waals surface area contributed by atoms with Crippen LogP contribution in [0.25, 0.3) is 0 Å². The molecule has 2 aromatic rings. The minimum absolute atomic E-state index is 0.236. The lowest BCUT2D eigenvalue weighted by Crippen LogP contribution is -2.23. The van der Waals surface area contributed by atoms with E-state index in [0.29, 0.717) is 11.4 Å². The number of thioether (sulfide) groups is 1. The number of ether oxygens (including phenoxy) is 2. The van der Waals surface area contributed by atoms with Gasteiger partial charge < -0.3 is 14.8 Å². The molecule has 0 spiro atoms. The molecular formula is C18H19NO4S. The quantitative estimate of drug-likeness (QED) is 0.616. The molecule has 0 saturated heterocycles. The standard InChI is InChI=1S/C18H19NO4S/c1-13-6-3-4-9-16(13)22-12-18(21)23-11-17(20)19-14-7-5-8-15(10-14)24-2/h3-10H,11-12H2,1-2H3,(H,19,20). The van der Waals surface area contributed by atoms with Crippen LogP contribution in [0.2, 0.25) is 0 Å². The summed E-state index contributed by atoms with van der Waals surface area (Å²) < 4.78 is 10.3. The van der Waals surface area contributed by atoms with Crippen molar-refractivity contribution in [1.82, 2.24) is 0 Å². The smallest absolute Gasteiger partial charge is 0.344 e. The molecular weight excluding hydrogens is 326 g/mol. The second-order valence-corrected chi connectivity index (χ2v) is 5.87. The zero-order valence-electron chi connectivity index (χ0n) is 13.6. The summed E-state index contributed by atoms with van der Waals surface area (Å²) in [6.45, 7) is 1.30. The Labute approximate surface area is 145 Å². The van der Waals surface area contributed by atoms with Gasteiger partial charge in [-0.25, -0.2) is 4.79 Å². The molecule has 1 amide bonds. The fourth-order valence-electron chi connectivity index (χ4n) is 1.94. The van der Waals surface area contributed by atoms with Crippen LogP contribution in [-0.4, -0.2) is 31.3 Å². The van der Waals surface area contributed by atoms with Gasteiger partial charge in [0.25, 0.3) is 5.91 Å². The van der Waals surface area contributed by atoms with Crippen molar-refractivity contribution < 1.29 is 19.1 Å². The van der Waals surface area contributed by atoms with E-state index in [0.717, 1.165) is 10.5 Å². The van der Waals surface area contributed by atoms with Crippen molar-refractivity contribution in [3.05, 3.63) is 54.1 Å². The molecule has 0 aliphatic rings. The van der Waals surface area contributed by atoms with Gasteiger partial charge in [0.2, 0.25) is 0 Å². The Morgan fingerprint density at radius 1 is 1.08 bits per heavy atom. The fraction of sp³-hybridized carbons (Fsp3) is 0.222. The molecule has 1 N–H and O–H groups in total. The van der Waals surface area contributed by atoms with Crippen molar-refractivity contribution >= 4 is 29.3 Å². The number of anilines is 1. The van der Waals surface area contributed by atoms with Gasteiger partial charge in [-0.3, -0.25) is 4.79 Å². The molecule has 6 heteroatoms. The molecule has 0 aliphatic heterocycles. The van der Waals surface area contributed by atoms with Crippen molar-refractivity contribution in [1.29, 1.82) is 0 Å². The predicted molar refractivity (Wildman–Crippen MR) is 94.5 cm³/mol. The Bertz CT molecular complexity index is 718. The van der Waals surface area contributed by atoms with Crippen LogP contribution in [-0.2, 0) is 14.3 Å². The second kappa shape index (κ2) is 8.98. The summed E-state index contributed by atoms with van der Waals surface area (Å²) >= 11 is 1.58. The molecule has 126 valence electrons. The highest BCUT2D eigenvalue weighted by Crippen LogP contribution is 2.19. The van der Waals surface area contributed by atoms with Gasteiger partial charge in [0.15, 0.2) is 13.2 Å². The Hall–Kier alpha value is -2.47. The minimum Gasteiger partial charge on any atom is -0.482 e. The van der Waals surface area contributed by atoms with Crippen molar-refractivity contribution in [2.24, 2.45) is 0 Å². The van der Waals surface area contributed by atoms with E-state index in [4.69, 9.17) is 9.47 Å². The van der Waals surface area contributed by atoms with Crippen molar-refractivity contribution in [3.63, 3.8) is 0 Å². The number of esters is 1. The minimum atomic E-state index is -0.591. The molecule has 0 saturated carbocycles. The molecule has 0 heterocycles. The number of nitrogens with one attached hydrogen (secondary N) is 1. The van der Waals surface area contributed by atoms with Gasteiger partial charge >= 0.3 is 5.97 Å². The summed E-state index contributed by atoms with van der Waals surface area (Å²) in [6, 6.07) is 14.8. The van der Waals surface area contributed by atoms with E-state index in [1.54, 1.807) is 23.9 Å². The number of hydrogen-bond acceptors (Lipinski definition) is 5. The van der Waals surface area contributed by atoms with Gasteiger partial charge in [-0.1, -0.05) is 24.3 Å². The molecule has 2 rings (SSSR count). The normalized spacial score (nSPS) is 10.1. The highest BCUT2D eigenvalue weighted by Gasteiger charge is 2.09. The number of aryl methyl sites for hydroxylation is 1. The Morgan fingerprint density at radius 2 is 1.88 bits per heavy atom. The molecule has 0 fully saturated rings. The fourth-order valence-corrected chi connectivity index (χ4v) is 2.40. The van der Waals surface area contributed by atoms with Crippen molar-refractivity contribution in [3.8, 4) is 5.75 Å². The molecule has 0 aromatic heterocycles. The lowest BCUT2D eigenvalue weighted by atomic mass is 10.2. The van der Waals surface area contributed by atoms with E-state index in [2.05, 4.69) is 5.32 Å². The number of rotatable bonds is 7. The van der Waals surface area contributed by atoms with Gasteiger partial charge in [0.05, 0.1) is 0 Å². The average Bonchev–Trinajstić information content (AvgIpc) is 2.59. The van der Waals surface area contributed by atoms with E-state index in [1.165, 1.54) is 0 Å². The number of carbonyl (C=O) groups excluding carboxylic acids is 2. The number of amides is 1. The van der Waals surface area contributed by atoms with E-state index in [-0.39, 0.29) is 13.2 Å². The molecule has 5 nitrogen and oxygen atoms in total. The first-order valence-electron chi connectivity index (χ1n) is 7.36. The van der Waals surface area contributed by atoms with Crippen LogP contribution in [0.1, 0.15) is 5.56 Å². The van der Waals surface area contributed by atoms with E-state index in [9.17, 15) is 9.59 Å². The Kier molecular flexibility index (Phi) is 6.69. The van der Waals surface area contributed by atoms with Crippen LogP contribution in [0.15, 0.2) is 53.4 Å². The first kappa shape index (κ1) is 17.9. The van der Waals surface area contributed by atoms with Gasteiger partial charge in [-0.15, -0.1) is 11.8 Å². The van der Waals surface area contributed by atoms with E-state index >= 15 is 0 Å². The molecule has 0 atom stereocenters. The molecule has 0 unspecified atom stereocenters. The second-order valence-electron chi connectivity index (χ2n) is 4.99. The number of benzene rings is 2. The first-order valence-corrected chi connectivity index (χ1v) is 8.59. The molecule has 0 aliphatic carbocycles. The van der Waals surface area contributed by atoms with Crippen LogP contribution in [0.4, 0.5) is 5.69 Å². The first-order chi connectivity index (χ1) is 11.6. The van der Waals surface area contributed by atoms with Gasteiger partial charge in [0, 0.05) is 10.6 Å². The van der Waals surface area contributed by atoms with Crippen LogP contribution in [0.5, 0.6) is 5.75 Å². The lowest BCUT2D eigenvalue weighted by molar-refractivity contribution is -0.149. The van der Waals surface area contributed by atoms with Crippen molar-refractivity contribution in [2.45, 2.75) is 11.8 Å². The number of para-hydroxylation sites is 1. The highest BCUT2D eigenvalue weighted by molar-refractivity contribution is 7.98. The third-order valence-corrected chi connectivity index (χ3v) is 3.88. The summed E-state index contributed by atoms with van der Waals surface area (Å²) in [5.41, 5.74) is 1.59. The summed E-state index contributed by atoms with van der Waals surface area (Å²) in [7, 11) is 0. The topological polar surface area (TPSA) is 64.6 Å². The molecule has 0 radical (unpaired) electrons. The lowest BCUT2D eigenvalue weighted by Gasteiger charge is -2.09. The summed E-state index contributed by atoms with van der Waals surface area (Å²) in [4.78, 5) is 24.5. The SMILES string of the molecule is CSc1cccc(NC(=O)COC(=O)COc2ccccc2C)c1. The van der Waals surface area contributed by atoms with Crippen LogP contribution in [0, 0.1) is 6.92 Å². The average molecular weight is 345 g/mol. The Balaban J connectivity index is 1.75. The Morgan fingerprint density at radius 3 is 2.62 bits per heavy atom. The zero-order chi connectivity index (χ0) is 17.4. The maximum atomic E-state index is 11.8. The van der Waals surface area contributed by atoms with Gasteiger partial charge in [-0.05, 0) is 43.0 Å². The van der Waals surface area contributed by atoms with Gasteiger partial charge in [-0.2, -0.15) is 0 Å². The maximum absolute atomic E-state index is 11.8. The highest BCUT2D eigenvalue weighted by atomic mass is 32.2. The summed E-state index contributed by atoms with van der Waals surface area (Å²) in [5, 5.41) is 2.68. The van der Waals surface area contributed by atoms with Crippen LogP contribution in [0.3, 0.4) is 0 Å². The molecule has 0 bridgehead atoms. The third-order valence-electron chi connectivity index (χ3n) is 3.16. The largest absolute Gasteiger partial charge is 0.482 e. The van der Waals surface area contributed by atoms with Gasteiger partial charge in [0.1, 0.15) is 5.75 Å². The van der Waals surface area contributed by atoms with Crippen LogP contribution < -0.4 is 10.1 Å². The van der Waals surface area contributed by atoms with E-state index in [1.807, 2.05) is 49.6 Å². The molecule has 24 heavy (non-hydrogen) atoms. The predicted octanol–water partition coefficient (Wildman–Crippen LogP) is 3.28. The maximum Gasteiger partial charge on any atom is 0.344 e. The third kappa shape index (κ3) is 5.62. The van der Waals surface area contributed by atoms with Crippen LogP contribution >= 0.6 is 11.8 Å². The zero-order valence-corrected chi connectivity index (χ0v) is 14.4. The summed E-state index contributed by atoms with van der Waals surface area (Å²) in [5.74, 6) is -0.364. The summed E-state index contributed by atoms with van der Waals surface area (Å²) in [6.07, 6.45) is 1.96.